The van der Waals surface area contributed by atoms with Crippen molar-refractivity contribution in [3.05, 3.63) is 35.2 Å². The van der Waals surface area contributed by atoms with Gasteiger partial charge >= 0.3 is 0 Å². The summed E-state index contributed by atoms with van der Waals surface area (Å²) in [7, 11) is 3.99. The van der Waals surface area contributed by atoms with Crippen LogP contribution < -0.4 is 5.73 Å². The predicted molar refractivity (Wildman–Crippen MR) is 75.9 cm³/mol. The molecule has 0 aliphatic heterocycles. The van der Waals surface area contributed by atoms with Crippen molar-refractivity contribution in [2.24, 2.45) is 19.8 Å². The molecule has 0 amide bonds. The normalized spacial score (nSPS) is 12.9. The van der Waals surface area contributed by atoms with Crippen molar-refractivity contribution in [2.45, 2.75) is 39.2 Å². The molecule has 2 N–H and O–H groups in total. The summed E-state index contributed by atoms with van der Waals surface area (Å²) in [5.74, 6) is 1.09. The molecule has 5 nitrogen and oxygen atoms in total. The SMILES string of the molecule is Cc1nn(C)c(C)c1CC(N)CCc1nccn1C. The van der Waals surface area contributed by atoms with Gasteiger partial charge in [0.15, 0.2) is 0 Å². The van der Waals surface area contributed by atoms with Gasteiger partial charge in [-0.2, -0.15) is 5.10 Å². The van der Waals surface area contributed by atoms with E-state index >= 15 is 0 Å². The molecular weight excluding hydrogens is 238 g/mol. The van der Waals surface area contributed by atoms with Crippen LogP contribution in [0.5, 0.6) is 0 Å². The highest BCUT2D eigenvalue weighted by Gasteiger charge is 2.13. The first-order valence-corrected chi connectivity index (χ1v) is 6.70. The molecule has 0 saturated carbocycles. The summed E-state index contributed by atoms with van der Waals surface area (Å²) >= 11 is 0. The topological polar surface area (TPSA) is 61.7 Å². The van der Waals surface area contributed by atoms with Crippen molar-refractivity contribution in [3.63, 3.8) is 0 Å². The molecule has 0 spiro atoms. The Morgan fingerprint density at radius 2 is 2.05 bits per heavy atom. The van der Waals surface area contributed by atoms with Crippen LogP contribution in [0.15, 0.2) is 12.4 Å². The Bertz CT molecular complexity index is 552. The summed E-state index contributed by atoms with van der Waals surface area (Å²) in [6.07, 6.45) is 6.55. The summed E-state index contributed by atoms with van der Waals surface area (Å²) in [6.45, 7) is 4.15. The molecule has 104 valence electrons. The predicted octanol–water partition coefficient (Wildman–Crippen LogP) is 1.27. The molecule has 19 heavy (non-hydrogen) atoms. The fraction of sp³-hybridized carbons (Fsp3) is 0.571. The number of aromatic nitrogens is 4. The van der Waals surface area contributed by atoms with E-state index in [9.17, 15) is 0 Å². The third kappa shape index (κ3) is 3.04. The van der Waals surface area contributed by atoms with Gasteiger partial charge in [0.1, 0.15) is 5.82 Å². The highest BCUT2D eigenvalue weighted by Crippen LogP contribution is 2.15. The van der Waals surface area contributed by atoms with Gasteiger partial charge in [0, 0.05) is 44.6 Å². The number of hydrogen-bond donors (Lipinski definition) is 1. The molecule has 2 aromatic rings. The second-order valence-electron chi connectivity index (χ2n) is 5.23. The molecule has 1 atom stereocenters. The Hall–Kier alpha value is -1.62. The molecule has 0 aliphatic rings. The Balaban J connectivity index is 1.94. The van der Waals surface area contributed by atoms with Crippen LogP contribution in [0.25, 0.3) is 0 Å². The molecule has 0 saturated heterocycles. The maximum Gasteiger partial charge on any atom is 0.108 e. The Morgan fingerprint density at radius 3 is 2.58 bits per heavy atom. The van der Waals surface area contributed by atoms with Gasteiger partial charge in [-0.3, -0.25) is 4.68 Å². The number of nitrogens with zero attached hydrogens (tertiary/aromatic N) is 4. The van der Waals surface area contributed by atoms with Gasteiger partial charge in [-0.25, -0.2) is 4.98 Å². The Labute approximate surface area is 114 Å². The number of imidazole rings is 1. The van der Waals surface area contributed by atoms with E-state index in [0.717, 1.165) is 30.8 Å². The van der Waals surface area contributed by atoms with Gasteiger partial charge in [-0.15, -0.1) is 0 Å². The van der Waals surface area contributed by atoms with E-state index in [0.29, 0.717) is 0 Å². The van der Waals surface area contributed by atoms with Crippen molar-refractivity contribution >= 4 is 0 Å². The van der Waals surface area contributed by atoms with E-state index in [1.807, 2.05) is 42.7 Å². The quantitative estimate of drug-likeness (QED) is 0.881. The van der Waals surface area contributed by atoms with Crippen molar-refractivity contribution in [3.8, 4) is 0 Å². The first-order valence-electron chi connectivity index (χ1n) is 6.70. The number of rotatable bonds is 5. The fourth-order valence-electron chi connectivity index (χ4n) is 2.43. The molecule has 1 unspecified atom stereocenters. The van der Waals surface area contributed by atoms with E-state index in [4.69, 9.17) is 5.73 Å². The van der Waals surface area contributed by atoms with Gasteiger partial charge in [0.25, 0.3) is 0 Å². The number of nitrogens with two attached hydrogens (primary N) is 1. The highest BCUT2D eigenvalue weighted by atomic mass is 15.3. The first-order chi connectivity index (χ1) is 8.99. The van der Waals surface area contributed by atoms with Crippen LogP contribution in [0, 0.1) is 13.8 Å². The van der Waals surface area contributed by atoms with Gasteiger partial charge in [0.2, 0.25) is 0 Å². The zero-order valence-electron chi connectivity index (χ0n) is 12.2. The van der Waals surface area contributed by atoms with Crippen molar-refractivity contribution in [1.29, 1.82) is 0 Å². The standard InChI is InChI=1S/C14H23N5/c1-10-13(11(2)19(4)17-10)9-12(15)5-6-14-16-7-8-18(14)3/h7-8,12H,5-6,9,15H2,1-4H3. The van der Waals surface area contributed by atoms with Gasteiger partial charge in [-0.05, 0) is 32.3 Å². The third-order valence-electron chi connectivity index (χ3n) is 3.78. The summed E-state index contributed by atoms with van der Waals surface area (Å²) in [4.78, 5) is 4.32. The Kier molecular flexibility index (Phi) is 4.04. The van der Waals surface area contributed by atoms with E-state index < -0.39 is 0 Å². The molecule has 2 aromatic heterocycles. The lowest BCUT2D eigenvalue weighted by Crippen LogP contribution is -2.24. The minimum atomic E-state index is 0.151. The molecule has 0 aromatic carbocycles. The molecule has 0 radical (unpaired) electrons. The molecule has 5 heteroatoms. The smallest absolute Gasteiger partial charge is 0.108 e. The summed E-state index contributed by atoms with van der Waals surface area (Å²) in [5.41, 5.74) is 9.84. The summed E-state index contributed by atoms with van der Waals surface area (Å²) < 4.78 is 3.98. The van der Waals surface area contributed by atoms with Crippen LogP contribution in [0.4, 0.5) is 0 Å². The van der Waals surface area contributed by atoms with Gasteiger partial charge in [0.05, 0.1) is 5.69 Å². The molecule has 2 rings (SSSR count). The third-order valence-corrected chi connectivity index (χ3v) is 3.78. The van der Waals surface area contributed by atoms with Crippen LogP contribution in [0.1, 0.15) is 29.2 Å². The van der Waals surface area contributed by atoms with Crippen LogP contribution in [-0.4, -0.2) is 25.4 Å². The lowest BCUT2D eigenvalue weighted by molar-refractivity contribution is 0.586. The van der Waals surface area contributed by atoms with E-state index in [-0.39, 0.29) is 6.04 Å². The Morgan fingerprint density at radius 1 is 1.32 bits per heavy atom. The van der Waals surface area contributed by atoms with Crippen molar-refractivity contribution in [1.82, 2.24) is 19.3 Å². The second-order valence-corrected chi connectivity index (χ2v) is 5.23. The average molecular weight is 261 g/mol. The monoisotopic (exact) mass is 261 g/mol. The van der Waals surface area contributed by atoms with E-state index in [2.05, 4.69) is 17.0 Å². The molecule has 0 bridgehead atoms. The fourth-order valence-corrected chi connectivity index (χ4v) is 2.43. The minimum Gasteiger partial charge on any atom is -0.338 e. The zero-order valence-corrected chi connectivity index (χ0v) is 12.2. The molecule has 0 fully saturated rings. The maximum absolute atomic E-state index is 6.25. The van der Waals surface area contributed by atoms with Crippen LogP contribution in [0.2, 0.25) is 0 Å². The van der Waals surface area contributed by atoms with Crippen molar-refractivity contribution in [2.75, 3.05) is 0 Å². The molecule has 2 heterocycles. The number of hydrogen-bond acceptors (Lipinski definition) is 3. The highest BCUT2D eigenvalue weighted by molar-refractivity contribution is 5.25. The van der Waals surface area contributed by atoms with E-state index in [1.54, 1.807) is 0 Å². The second kappa shape index (κ2) is 5.57. The van der Waals surface area contributed by atoms with Crippen LogP contribution >= 0.6 is 0 Å². The van der Waals surface area contributed by atoms with Crippen LogP contribution in [0.3, 0.4) is 0 Å². The first kappa shape index (κ1) is 13.8. The zero-order chi connectivity index (χ0) is 14.0. The van der Waals surface area contributed by atoms with Crippen LogP contribution in [-0.2, 0) is 26.9 Å². The minimum absolute atomic E-state index is 0.151. The number of aryl methyl sites for hydroxylation is 4. The average Bonchev–Trinajstić information content (AvgIpc) is 2.86. The lowest BCUT2D eigenvalue weighted by atomic mass is 10.0. The molecule has 0 aliphatic carbocycles. The largest absolute Gasteiger partial charge is 0.338 e. The van der Waals surface area contributed by atoms with Gasteiger partial charge < -0.3 is 10.3 Å². The van der Waals surface area contributed by atoms with Crippen molar-refractivity contribution < 1.29 is 0 Å². The maximum atomic E-state index is 6.25. The lowest BCUT2D eigenvalue weighted by Gasteiger charge is -2.12. The molecular formula is C14H23N5. The van der Waals surface area contributed by atoms with E-state index in [1.165, 1.54) is 11.3 Å². The summed E-state index contributed by atoms with van der Waals surface area (Å²) in [5, 5.41) is 4.43. The summed E-state index contributed by atoms with van der Waals surface area (Å²) in [6, 6.07) is 0.151. The van der Waals surface area contributed by atoms with Gasteiger partial charge in [-0.1, -0.05) is 0 Å².